The monoisotopic (exact) mass is 430 g/mol. The normalized spacial score (nSPS) is 18.1. The van der Waals surface area contributed by atoms with Crippen LogP contribution in [0.1, 0.15) is 17.2 Å². The van der Waals surface area contributed by atoms with E-state index in [1.807, 2.05) is 18.2 Å². The van der Waals surface area contributed by atoms with Gasteiger partial charge < -0.3 is 10.1 Å². The Morgan fingerprint density at radius 1 is 1.03 bits per heavy atom. The van der Waals surface area contributed by atoms with Gasteiger partial charge in [0.25, 0.3) is 5.78 Å². The van der Waals surface area contributed by atoms with E-state index >= 15 is 0 Å². The predicted molar refractivity (Wildman–Crippen MR) is 117 cm³/mol. The maximum absolute atomic E-state index is 13.1. The van der Waals surface area contributed by atoms with Gasteiger partial charge in [0.15, 0.2) is 0 Å². The number of aliphatic hydroxyl groups is 1. The van der Waals surface area contributed by atoms with Crippen LogP contribution in [0.3, 0.4) is 0 Å². The van der Waals surface area contributed by atoms with Crippen LogP contribution in [-0.2, 0) is 9.59 Å². The molecule has 2 N–H and O–H groups in total. The molecule has 1 amide bonds. The van der Waals surface area contributed by atoms with Crippen molar-refractivity contribution in [1.29, 1.82) is 0 Å². The highest BCUT2D eigenvalue weighted by Gasteiger charge is 2.48. The highest BCUT2D eigenvalue weighted by atomic mass is 35.5. The summed E-state index contributed by atoms with van der Waals surface area (Å²) in [4.78, 5) is 39.1. The van der Waals surface area contributed by atoms with E-state index in [1.165, 1.54) is 11.0 Å². The second kappa shape index (κ2) is 7.37. The molecule has 2 aromatic heterocycles. The van der Waals surface area contributed by atoms with Crippen molar-refractivity contribution < 1.29 is 14.7 Å². The summed E-state index contributed by atoms with van der Waals surface area (Å²) in [5, 5.41) is 11.4. The van der Waals surface area contributed by atoms with Gasteiger partial charge in [-0.1, -0.05) is 35.9 Å². The van der Waals surface area contributed by atoms with Crippen molar-refractivity contribution in [3.8, 4) is 0 Å². The Labute approximate surface area is 181 Å². The van der Waals surface area contributed by atoms with Crippen molar-refractivity contribution in [3.63, 3.8) is 0 Å². The number of benzene rings is 2. The van der Waals surface area contributed by atoms with E-state index in [1.54, 1.807) is 48.8 Å². The van der Waals surface area contributed by atoms with E-state index in [2.05, 4.69) is 15.0 Å². The lowest BCUT2D eigenvalue weighted by Crippen LogP contribution is -2.30. The highest BCUT2D eigenvalue weighted by Crippen LogP contribution is 2.41. The molecule has 31 heavy (non-hydrogen) atoms. The number of H-pyrrole nitrogens is 1. The van der Waals surface area contributed by atoms with Crippen LogP contribution in [0.5, 0.6) is 0 Å². The zero-order valence-electron chi connectivity index (χ0n) is 16.0. The number of rotatable bonds is 3. The highest BCUT2D eigenvalue weighted by molar-refractivity contribution is 6.51. The van der Waals surface area contributed by atoms with Gasteiger partial charge in [0, 0.05) is 23.0 Å². The summed E-state index contributed by atoms with van der Waals surface area (Å²) >= 11 is 6.06. The largest absolute Gasteiger partial charge is 0.507 e. The van der Waals surface area contributed by atoms with Crippen molar-refractivity contribution in [2.45, 2.75) is 6.04 Å². The molecule has 1 unspecified atom stereocenters. The number of anilines is 1. The quantitative estimate of drug-likeness (QED) is 0.288. The zero-order chi connectivity index (χ0) is 21.5. The third-order valence-corrected chi connectivity index (χ3v) is 5.40. The van der Waals surface area contributed by atoms with Crippen LogP contribution in [0.25, 0.3) is 16.8 Å². The molecule has 5 rings (SSSR count). The fourth-order valence-corrected chi connectivity index (χ4v) is 3.95. The fraction of sp³-hybridized carbons (Fsp3) is 0.0435. The maximum atomic E-state index is 13.1. The molecular formula is C23H15ClN4O3. The first-order chi connectivity index (χ1) is 15.0. The standard InChI is InChI=1S/C23H15ClN4O3/c24-15-5-3-4-14(12-15)20(29)18-19(13-8-10-25-11-9-13)28(22(31)21(18)30)23-26-16-6-1-2-7-17(16)27-23/h1-12,19,29H,(H,26,27)/b20-18+. The molecule has 4 aromatic rings. The summed E-state index contributed by atoms with van der Waals surface area (Å²) in [6.07, 6.45) is 3.13. The number of ketones is 1. The molecule has 0 radical (unpaired) electrons. The SMILES string of the molecule is O=C1C(=O)N(c2nc3ccccc3[nH]2)C(c2ccncc2)/C1=C(\O)c1cccc(Cl)c1. The Morgan fingerprint density at radius 2 is 1.81 bits per heavy atom. The number of hydrogen-bond donors (Lipinski definition) is 2. The van der Waals surface area contributed by atoms with Gasteiger partial charge in [0.1, 0.15) is 5.76 Å². The van der Waals surface area contributed by atoms with Crippen molar-refractivity contribution in [2.24, 2.45) is 0 Å². The smallest absolute Gasteiger partial charge is 0.302 e. The Hall–Kier alpha value is -3.97. The molecule has 1 fully saturated rings. The summed E-state index contributed by atoms with van der Waals surface area (Å²) in [6.45, 7) is 0. The van der Waals surface area contributed by atoms with Gasteiger partial charge in [-0.25, -0.2) is 4.98 Å². The molecule has 2 aromatic carbocycles. The van der Waals surface area contributed by atoms with Gasteiger partial charge in [-0.3, -0.25) is 19.5 Å². The molecule has 7 nitrogen and oxygen atoms in total. The predicted octanol–water partition coefficient (Wildman–Crippen LogP) is 4.24. The lowest BCUT2D eigenvalue weighted by atomic mass is 9.96. The van der Waals surface area contributed by atoms with Crippen LogP contribution in [0.2, 0.25) is 5.02 Å². The topological polar surface area (TPSA) is 99.2 Å². The molecular weight excluding hydrogens is 416 g/mol. The lowest BCUT2D eigenvalue weighted by Gasteiger charge is -2.22. The van der Waals surface area contributed by atoms with Crippen LogP contribution >= 0.6 is 11.6 Å². The van der Waals surface area contributed by atoms with Gasteiger partial charge in [-0.05, 0) is 42.0 Å². The summed E-state index contributed by atoms with van der Waals surface area (Å²) < 4.78 is 0. The number of aromatic nitrogens is 3. The second-order valence-corrected chi connectivity index (χ2v) is 7.47. The van der Waals surface area contributed by atoms with Gasteiger partial charge >= 0.3 is 5.91 Å². The maximum Gasteiger partial charge on any atom is 0.302 e. The Bertz CT molecular complexity index is 1330. The van der Waals surface area contributed by atoms with E-state index in [0.29, 0.717) is 21.7 Å². The molecule has 0 aliphatic carbocycles. The number of hydrogen-bond acceptors (Lipinski definition) is 5. The average molecular weight is 431 g/mol. The first kappa shape index (κ1) is 19.0. The molecule has 3 heterocycles. The molecule has 0 saturated carbocycles. The minimum absolute atomic E-state index is 0.0427. The molecule has 1 atom stereocenters. The summed E-state index contributed by atoms with van der Waals surface area (Å²) in [6, 6.07) is 16.3. The van der Waals surface area contributed by atoms with Crippen molar-refractivity contribution >= 4 is 46.0 Å². The van der Waals surface area contributed by atoms with E-state index in [4.69, 9.17) is 11.6 Å². The molecule has 1 aliphatic rings. The number of nitrogens with one attached hydrogen (secondary N) is 1. The fourth-order valence-electron chi connectivity index (χ4n) is 3.76. The molecule has 0 spiro atoms. The Balaban J connectivity index is 1.74. The van der Waals surface area contributed by atoms with Gasteiger partial charge in [0.05, 0.1) is 22.6 Å². The van der Waals surface area contributed by atoms with Crippen molar-refractivity contribution in [3.05, 3.63) is 94.8 Å². The van der Waals surface area contributed by atoms with Crippen molar-refractivity contribution in [1.82, 2.24) is 15.0 Å². The Kier molecular flexibility index (Phi) is 4.52. The second-order valence-electron chi connectivity index (χ2n) is 7.04. The molecule has 152 valence electrons. The number of amides is 1. The minimum Gasteiger partial charge on any atom is -0.507 e. The van der Waals surface area contributed by atoms with Crippen LogP contribution in [-0.4, -0.2) is 31.7 Å². The summed E-state index contributed by atoms with van der Waals surface area (Å²) in [5.74, 6) is -1.68. The number of pyridine rings is 1. The van der Waals surface area contributed by atoms with Crippen LogP contribution < -0.4 is 4.90 Å². The number of para-hydroxylation sites is 2. The van der Waals surface area contributed by atoms with Crippen LogP contribution in [0.15, 0.2) is 78.6 Å². The van der Waals surface area contributed by atoms with E-state index in [0.717, 1.165) is 5.52 Å². The number of aromatic amines is 1. The molecule has 0 bridgehead atoms. The number of imidazole rings is 1. The van der Waals surface area contributed by atoms with E-state index in [9.17, 15) is 14.7 Å². The first-order valence-electron chi connectivity index (χ1n) is 9.46. The number of carbonyl (C=O) groups excluding carboxylic acids is 2. The number of halogens is 1. The first-order valence-corrected chi connectivity index (χ1v) is 9.84. The minimum atomic E-state index is -0.887. The van der Waals surface area contributed by atoms with E-state index < -0.39 is 17.7 Å². The number of carbonyl (C=O) groups is 2. The van der Waals surface area contributed by atoms with Gasteiger partial charge in [-0.15, -0.1) is 0 Å². The summed E-state index contributed by atoms with van der Waals surface area (Å²) in [5.41, 5.74) is 2.29. The van der Waals surface area contributed by atoms with Crippen LogP contribution in [0, 0.1) is 0 Å². The van der Waals surface area contributed by atoms with Gasteiger partial charge in [0.2, 0.25) is 5.95 Å². The molecule has 8 heteroatoms. The Morgan fingerprint density at radius 3 is 2.55 bits per heavy atom. The third-order valence-electron chi connectivity index (χ3n) is 5.17. The third kappa shape index (κ3) is 3.15. The number of Topliss-reactive ketones (excluding diaryl/α,β-unsaturated/α-hetero) is 1. The van der Waals surface area contributed by atoms with Crippen LogP contribution in [0.4, 0.5) is 5.95 Å². The number of fused-ring (bicyclic) bond motifs is 1. The van der Waals surface area contributed by atoms with Gasteiger partial charge in [-0.2, -0.15) is 0 Å². The molecule has 1 saturated heterocycles. The summed E-state index contributed by atoms with van der Waals surface area (Å²) in [7, 11) is 0. The lowest BCUT2D eigenvalue weighted by molar-refractivity contribution is -0.132. The average Bonchev–Trinajstić information content (AvgIpc) is 3.32. The number of aliphatic hydroxyl groups excluding tert-OH is 1. The molecule has 1 aliphatic heterocycles. The zero-order valence-corrected chi connectivity index (χ0v) is 16.7. The van der Waals surface area contributed by atoms with Crippen molar-refractivity contribution in [2.75, 3.05) is 4.90 Å². The van der Waals surface area contributed by atoms with E-state index in [-0.39, 0.29) is 17.3 Å². The number of nitrogens with zero attached hydrogens (tertiary/aromatic N) is 3.